The lowest BCUT2D eigenvalue weighted by atomic mass is 9.99. The molecule has 384 valence electrons. The number of hydrogen-bond donors (Lipinski definition) is 12. The summed E-state index contributed by atoms with van der Waals surface area (Å²) in [5, 5.41) is 46.0. The Balaban J connectivity index is 1.82. The van der Waals surface area contributed by atoms with Gasteiger partial charge in [-0.15, -0.1) is 0 Å². The molecule has 22 heteroatoms. The molecule has 7 atom stereocenters. The molecular weight excluding hydrogens is 923 g/mol. The minimum Gasteiger partial charge on any atom is -0.508 e. The Bertz CT molecular complexity index is 2320. The number of aromatic hydroxyl groups is 1. The molecule has 0 bridgehead atoms. The minimum absolute atomic E-state index is 0.0249. The first-order valence-corrected chi connectivity index (χ1v) is 23.0. The van der Waals surface area contributed by atoms with Gasteiger partial charge in [0.2, 0.25) is 47.3 Å². The number of carbonyl (C=O) groups is 10. The summed E-state index contributed by atoms with van der Waals surface area (Å²) in [5.74, 6) is -10.3. The average molecular weight is 988 g/mol. The van der Waals surface area contributed by atoms with Gasteiger partial charge < -0.3 is 64.0 Å². The summed E-state index contributed by atoms with van der Waals surface area (Å²) >= 11 is 0. The molecule has 71 heavy (non-hydrogen) atoms. The number of nitrogens with two attached hydrogens (primary N) is 2. The van der Waals surface area contributed by atoms with E-state index in [9.17, 15) is 58.2 Å². The molecule has 22 nitrogen and oxygen atoms in total. The van der Waals surface area contributed by atoms with Crippen molar-refractivity contribution in [3.63, 3.8) is 0 Å². The number of phenols is 1. The number of benzene rings is 3. The predicted molar refractivity (Wildman–Crippen MR) is 257 cm³/mol. The molecule has 0 aliphatic rings. The summed E-state index contributed by atoms with van der Waals surface area (Å²) in [6.45, 7) is 6.09. The first-order valence-electron chi connectivity index (χ1n) is 23.0. The first-order chi connectivity index (χ1) is 33.5. The van der Waals surface area contributed by atoms with Gasteiger partial charge >= 0.3 is 11.9 Å². The largest absolute Gasteiger partial charge is 0.508 e. The van der Waals surface area contributed by atoms with Crippen LogP contribution in [0.15, 0.2) is 84.9 Å². The number of carboxylic acids is 2. The lowest BCUT2D eigenvalue weighted by Gasteiger charge is -2.27. The molecule has 0 aromatic heterocycles. The summed E-state index contributed by atoms with van der Waals surface area (Å²) in [6.07, 6.45) is -1.62. The number of carboxylic acid groups (broad SMARTS) is 2. The van der Waals surface area contributed by atoms with Crippen molar-refractivity contribution < 1.29 is 63.3 Å². The van der Waals surface area contributed by atoms with E-state index in [-0.39, 0.29) is 50.2 Å². The van der Waals surface area contributed by atoms with Crippen LogP contribution in [0.2, 0.25) is 0 Å². The van der Waals surface area contributed by atoms with Crippen LogP contribution in [0.4, 0.5) is 0 Å². The molecule has 0 saturated carbocycles. The van der Waals surface area contributed by atoms with Gasteiger partial charge in [0.05, 0.1) is 19.0 Å². The Morgan fingerprint density at radius 3 is 1.42 bits per heavy atom. The maximum atomic E-state index is 14.1. The van der Waals surface area contributed by atoms with Crippen LogP contribution in [0.1, 0.15) is 70.1 Å². The summed E-state index contributed by atoms with van der Waals surface area (Å²) in [5.41, 5.74) is 13.0. The molecule has 0 fully saturated rings. The van der Waals surface area contributed by atoms with Gasteiger partial charge in [-0.3, -0.25) is 47.9 Å². The van der Waals surface area contributed by atoms with Crippen molar-refractivity contribution in [1.29, 1.82) is 0 Å². The molecule has 0 aliphatic heterocycles. The van der Waals surface area contributed by atoms with Crippen molar-refractivity contribution in [2.45, 2.75) is 115 Å². The fraction of sp³-hybridized carbons (Fsp3) is 0.429. The van der Waals surface area contributed by atoms with Crippen LogP contribution >= 0.6 is 0 Å². The number of rotatable bonds is 29. The van der Waals surface area contributed by atoms with Crippen molar-refractivity contribution >= 4 is 59.2 Å². The van der Waals surface area contributed by atoms with Crippen molar-refractivity contribution in [1.82, 2.24) is 37.2 Å². The van der Waals surface area contributed by atoms with E-state index in [1.54, 1.807) is 88.4 Å². The van der Waals surface area contributed by atoms with E-state index in [0.29, 0.717) is 16.7 Å². The fourth-order valence-electron chi connectivity index (χ4n) is 7.11. The highest BCUT2D eigenvalue weighted by molar-refractivity contribution is 5.97. The number of phenolic OH excluding ortho intramolecular Hbond substituents is 1. The van der Waals surface area contributed by atoms with Gasteiger partial charge in [0.25, 0.3) is 0 Å². The van der Waals surface area contributed by atoms with E-state index >= 15 is 0 Å². The number of amides is 8. The first kappa shape index (κ1) is 57.4. The maximum absolute atomic E-state index is 14.1. The number of primary amides is 1. The van der Waals surface area contributed by atoms with Crippen molar-refractivity contribution in [2.24, 2.45) is 23.3 Å². The Morgan fingerprint density at radius 2 is 0.958 bits per heavy atom. The van der Waals surface area contributed by atoms with Gasteiger partial charge in [-0.1, -0.05) is 100 Å². The van der Waals surface area contributed by atoms with Gasteiger partial charge in [0, 0.05) is 25.7 Å². The third-order valence-corrected chi connectivity index (χ3v) is 10.9. The molecule has 3 aromatic rings. The van der Waals surface area contributed by atoms with E-state index in [4.69, 9.17) is 16.6 Å². The molecule has 0 saturated heterocycles. The van der Waals surface area contributed by atoms with Crippen LogP contribution in [0.5, 0.6) is 5.75 Å². The van der Waals surface area contributed by atoms with E-state index in [2.05, 4.69) is 37.2 Å². The van der Waals surface area contributed by atoms with Crippen molar-refractivity contribution in [3.8, 4) is 5.75 Å². The van der Waals surface area contributed by atoms with Crippen LogP contribution in [0.3, 0.4) is 0 Å². The number of carbonyl (C=O) groups excluding carboxylic acids is 8. The molecule has 0 aliphatic carbocycles. The number of hydrogen-bond acceptors (Lipinski definition) is 12. The molecule has 0 unspecified atom stereocenters. The SMILES string of the molecule is CC(C)C[C@H](NC(=O)[C@H](Cc1ccccc1)NC(=O)[C@@H](N)CCC(=O)O)C(=O)N[C@@H](Cc1ccc(O)cc1)C(=O)NCC(=O)N[C@H](C(=O)N[C@@H](Cc1ccccc1)C(=O)N[C@@H](CC(=O)O)C(N)=O)C(C)C. The van der Waals surface area contributed by atoms with Crippen LogP contribution in [0, 0.1) is 11.8 Å². The summed E-state index contributed by atoms with van der Waals surface area (Å²) in [7, 11) is 0. The second-order valence-electron chi connectivity index (χ2n) is 17.7. The van der Waals surface area contributed by atoms with E-state index in [0.717, 1.165) is 0 Å². The molecule has 3 aromatic carbocycles. The van der Waals surface area contributed by atoms with E-state index < -0.39 is 120 Å². The van der Waals surface area contributed by atoms with Gasteiger partial charge in [-0.25, -0.2) is 0 Å². The van der Waals surface area contributed by atoms with Crippen LogP contribution < -0.4 is 48.7 Å². The smallest absolute Gasteiger partial charge is 0.305 e. The topological polar surface area (TPSA) is 368 Å². The normalized spacial score (nSPS) is 14.0. The highest BCUT2D eigenvalue weighted by Crippen LogP contribution is 2.14. The van der Waals surface area contributed by atoms with Crippen LogP contribution in [0.25, 0.3) is 0 Å². The standard InChI is InChI=1S/C49H65N9O13/c1-27(2)21-35(55-48(70)37(22-29-11-7-5-8-12-29)54-44(66)33(50)19-20-40(61)62)46(68)56-36(24-31-15-17-32(59)18-16-31)45(67)52-26-39(60)58-42(28(3)4)49(71)57-38(23-30-13-9-6-10-14-30)47(69)53-34(43(51)65)25-41(63)64/h5-18,27-28,33-38,42,59H,19-26,50H2,1-4H3,(H2,51,65)(H,52,67)(H,53,69)(H,54,66)(H,55,70)(H,56,68)(H,57,71)(H,58,60)(H,61,62)(H,63,64)/t33-,34-,35-,36-,37-,38-,42-/m0/s1. The van der Waals surface area contributed by atoms with Crippen molar-refractivity contribution in [2.75, 3.05) is 6.54 Å². The predicted octanol–water partition coefficient (Wildman–Crippen LogP) is -0.701. The van der Waals surface area contributed by atoms with Gasteiger partial charge in [-0.2, -0.15) is 0 Å². The lowest BCUT2D eigenvalue weighted by molar-refractivity contribution is -0.140. The Hall–Kier alpha value is -7.88. The molecule has 0 radical (unpaired) electrons. The second-order valence-corrected chi connectivity index (χ2v) is 17.7. The van der Waals surface area contributed by atoms with Crippen molar-refractivity contribution in [3.05, 3.63) is 102 Å². The minimum atomic E-state index is -1.59. The molecule has 3 rings (SSSR count). The van der Waals surface area contributed by atoms with Gasteiger partial charge in [-0.05, 0) is 53.5 Å². The van der Waals surface area contributed by atoms with Gasteiger partial charge in [0.1, 0.15) is 42.0 Å². The third kappa shape index (κ3) is 20.7. The Kier molecular flexibility index (Phi) is 23.1. The van der Waals surface area contributed by atoms with E-state index in [1.165, 1.54) is 24.3 Å². The zero-order chi connectivity index (χ0) is 52.8. The molecular formula is C49H65N9O13. The zero-order valence-corrected chi connectivity index (χ0v) is 40.0. The van der Waals surface area contributed by atoms with E-state index in [1.807, 2.05) is 0 Å². The third-order valence-electron chi connectivity index (χ3n) is 10.9. The molecule has 0 heterocycles. The highest BCUT2D eigenvalue weighted by atomic mass is 16.4. The fourth-order valence-corrected chi connectivity index (χ4v) is 7.11. The second kappa shape index (κ2) is 28.6. The van der Waals surface area contributed by atoms with Crippen LogP contribution in [-0.4, -0.2) is 123 Å². The summed E-state index contributed by atoms with van der Waals surface area (Å²) in [6, 6.07) is 13.5. The maximum Gasteiger partial charge on any atom is 0.305 e. The molecule has 8 amide bonds. The van der Waals surface area contributed by atoms with Crippen LogP contribution in [-0.2, 0) is 67.2 Å². The quantitative estimate of drug-likeness (QED) is 0.0410. The Labute approximate surface area is 410 Å². The lowest BCUT2D eigenvalue weighted by Crippen LogP contribution is -2.59. The van der Waals surface area contributed by atoms with Gasteiger partial charge in [0.15, 0.2) is 0 Å². The summed E-state index contributed by atoms with van der Waals surface area (Å²) < 4.78 is 0. The number of nitrogens with one attached hydrogen (secondary N) is 7. The Morgan fingerprint density at radius 1 is 0.521 bits per heavy atom. The zero-order valence-electron chi connectivity index (χ0n) is 40.0. The monoisotopic (exact) mass is 987 g/mol. The number of aliphatic carboxylic acids is 2. The summed E-state index contributed by atoms with van der Waals surface area (Å²) in [4.78, 5) is 130. The average Bonchev–Trinajstić information content (AvgIpc) is 3.31. The molecule has 14 N–H and O–H groups in total. The molecule has 0 spiro atoms. The highest BCUT2D eigenvalue weighted by Gasteiger charge is 2.34.